The van der Waals surface area contributed by atoms with E-state index in [4.69, 9.17) is 11.6 Å². The van der Waals surface area contributed by atoms with Crippen LogP contribution >= 0.6 is 11.6 Å². The number of rotatable bonds is 2. The molecule has 2 heteroatoms. The van der Waals surface area contributed by atoms with Crippen molar-refractivity contribution in [3.8, 4) is 0 Å². The number of nitrogens with zero attached hydrogens (tertiary/aromatic N) is 1. The van der Waals surface area contributed by atoms with Gasteiger partial charge in [0.25, 0.3) is 0 Å². The monoisotopic (exact) mass is 255 g/mol. The molecule has 0 aliphatic heterocycles. The van der Waals surface area contributed by atoms with E-state index in [2.05, 4.69) is 47.9 Å². The zero-order valence-corrected chi connectivity index (χ0v) is 11.0. The Morgan fingerprint density at radius 2 is 1.72 bits per heavy atom. The van der Waals surface area contributed by atoms with Crippen molar-refractivity contribution in [1.29, 1.82) is 0 Å². The number of aromatic nitrogens is 1. The van der Waals surface area contributed by atoms with Gasteiger partial charge in [-0.2, -0.15) is 0 Å². The molecule has 0 N–H and O–H groups in total. The smallest absolute Gasteiger partial charge is 0.110 e. The predicted molar refractivity (Wildman–Crippen MR) is 77.2 cm³/mol. The minimum atomic E-state index is 0.789. The molecule has 0 radical (unpaired) electrons. The lowest BCUT2D eigenvalue weighted by Gasteiger charge is -2.07. The summed E-state index contributed by atoms with van der Waals surface area (Å²) in [6.45, 7) is 2.91. The van der Waals surface area contributed by atoms with E-state index < -0.39 is 0 Å². The lowest BCUT2D eigenvalue weighted by molar-refractivity contribution is 0.837. The van der Waals surface area contributed by atoms with Crippen LogP contribution in [-0.4, -0.2) is 4.57 Å². The maximum atomic E-state index is 6.31. The first-order valence-electron chi connectivity index (χ1n) is 6.03. The van der Waals surface area contributed by atoms with Gasteiger partial charge in [-0.15, -0.1) is 0 Å². The summed E-state index contributed by atoms with van der Waals surface area (Å²) in [5.74, 6) is 0. The number of aryl methyl sites for hydroxylation is 1. The van der Waals surface area contributed by atoms with Gasteiger partial charge in [0, 0.05) is 17.4 Å². The Bertz CT molecular complexity index is 680. The Labute approximate surface area is 112 Å². The lowest BCUT2D eigenvalue weighted by Crippen LogP contribution is -1.99. The summed E-state index contributed by atoms with van der Waals surface area (Å²) in [5.41, 5.74) is 3.73. The lowest BCUT2D eigenvalue weighted by atomic mass is 10.1. The van der Waals surface area contributed by atoms with Crippen molar-refractivity contribution in [3.63, 3.8) is 0 Å². The van der Waals surface area contributed by atoms with Crippen LogP contribution in [0.5, 0.6) is 0 Å². The van der Waals surface area contributed by atoms with Crippen molar-refractivity contribution < 1.29 is 0 Å². The Morgan fingerprint density at radius 3 is 2.50 bits per heavy atom. The molecule has 0 spiro atoms. The first-order chi connectivity index (χ1) is 8.74. The fourth-order valence-corrected chi connectivity index (χ4v) is 2.48. The van der Waals surface area contributed by atoms with Crippen molar-refractivity contribution in [2.75, 3.05) is 0 Å². The highest BCUT2D eigenvalue weighted by Gasteiger charge is 2.06. The predicted octanol–water partition coefficient (Wildman–Crippen LogP) is 4.65. The van der Waals surface area contributed by atoms with Crippen LogP contribution < -0.4 is 0 Å². The summed E-state index contributed by atoms with van der Waals surface area (Å²) >= 11 is 6.31. The summed E-state index contributed by atoms with van der Waals surface area (Å²) in [6.07, 6.45) is 0. The second-order valence-corrected chi connectivity index (χ2v) is 4.98. The van der Waals surface area contributed by atoms with Gasteiger partial charge >= 0.3 is 0 Å². The van der Waals surface area contributed by atoms with Crippen LogP contribution in [0.25, 0.3) is 10.9 Å². The van der Waals surface area contributed by atoms with Gasteiger partial charge in [-0.25, -0.2) is 0 Å². The highest BCUT2D eigenvalue weighted by atomic mass is 35.5. The van der Waals surface area contributed by atoms with E-state index in [1.165, 1.54) is 22.0 Å². The van der Waals surface area contributed by atoms with Gasteiger partial charge in [-0.05, 0) is 24.6 Å². The van der Waals surface area contributed by atoms with E-state index in [1.807, 2.05) is 18.2 Å². The van der Waals surface area contributed by atoms with E-state index in [0.29, 0.717) is 0 Å². The molecule has 3 rings (SSSR count). The summed E-state index contributed by atoms with van der Waals surface area (Å²) < 4.78 is 2.14. The SMILES string of the molecule is Cc1ccc(Cn2c(Cl)cc3ccccc32)cc1. The van der Waals surface area contributed by atoms with E-state index in [9.17, 15) is 0 Å². The van der Waals surface area contributed by atoms with Crippen LogP contribution in [-0.2, 0) is 6.54 Å². The van der Waals surface area contributed by atoms with Gasteiger partial charge in [0.05, 0.1) is 0 Å². The van der Waals surface area contributed by atoms with Gasteiger partial charge in [0.15, 0.2) is 0 Å². The number of halogens is 1. The fourth-order valence-electron chi connectivity index (χ4n) is 2.21. The molecule has 3 aromatic rings. The molecule has 0 amide bonds. The quantitative estimate of drug-likeness (QED) is 0.628. The number of hydrogen-bond acceptors (Lipinski definition) is 0. The average Bonchev–Trinajstić information content (AvgIpc) is 2.69. The summed E-state index contributed by atoms with van der Waals surface area (Å²) in [5, 5.41) is 1.98. The second kappa shape index (κ2) is 4.51. The molecule has 0 atom stereocenters. The van der Waals surface area contributed by atoms with E-state index in [-0.39, 0.29) is 0 Å². The molecule has 18 heavy (non-hydrogen) atoms. The molecular formula is C16H14ClN. The molecule has 2 aromatic carbocycles. The zero-order valence-electron chi connectivity index (χ0n) is 10.2. The normalized spacial score (nSPS) is 11.0. The van der Waals surface area contributed by atoms with Crippen molar-refractivity contribution in [2.45, 2.75) is 13.5 Å². The second-order valence-electron chi connectivity index (χ2n) is 4.60. The molecule has 0 fully saturated rings. The van der Waals surface area contributed by atoms with Gasteiger partial charge < -0.3 is 4.57 Å². The Balaban J connectivity index is 2.04. The highest BCUT2D eigenvalue weighted by Crippen LogP contribution is 2.24. The van der Waals surface area contributed by atoms with Crippen molar-refractivity contribution >= 4 is 22.5 Å². The molecule has 0 saturated heterocycles. The molecule has 1 heterocycles. The zero-order chi connectivity index (χ0) is 12.5. The topological polar surface area (TPSA) is 4.93 Å². The highest BCUT2D eigenvalue weighted by molar-refractivity contribution is 6.31. The Kier molecular flexibility index (Phi) is 2.85. The molecule has 0 saturated carbocycles. The molecule has 0 bridgehead atoms. The molecule has 0 aliphatic rings. The fraction of sp³-hybridized carbons (Fsp3) is 0.125. The largest absolute Gasteiger partial charge is 0.327 e. The Hall–Kier alpha value is -1.73. The van der Waals surface area contributed by atoms with E-state index in [0.717, 1.165) is 11.7 Å². The number of hydrogen-bond donors (Lipinski definition) is 0. The minimum Gasteiger partial charge on any atom is -0.327 e. The average molecular weight is 256 g/mol. The van der Waals surface area contributed by atoms with E-state index >= 15 is 0 Å². The van der Waals surface area contributed by atoms with Crippen molar-refractivity contribution in [1.82, 2.24) is 4.57 Å². The van der Waals surface area contributed by atoms with Crippen LogP contribution in [0.4, 0.5) is 0 Å². The summed E-state index contributed by atoms with van der Waals surface area (Å²) in [4.78, 5) is 0. The molecule has 90 valence electrons. The first kappa shape index (κ1) is 11.4. The van der Waals surface area contributed by atoms with E-state index in [1.54, 1.807) is 0 Å². The third-order valence-electron chi connectivity index (χ3n) is 3.22. The van der Waals surface area contributed by atoms with Crippen molar-refractivity contribution in [2.24, 2.45) is 0 Å². The Morgan fingerprint density at radius 1 is 1.00 bits per heavy atom. The number of fused-ring (bicyclic) bond motifs is 1. The van der Waals surface area contributed by atoms with Crippen LogP contribution in [0.3, 0.4) is 0 Å². The van der Waals surface area contributed by atoms with Crippen LogP contribution in [0, 0.1) is 6.92 Å². The third-order valence-corrected chi connectivity index (χ3v) is 3.53. The van der Waals surface area contributed by atoms with Crippen LogP contribution in [0.2, 0.25) is 5.15 Å². The van der Waals surface area contributed by atoms with Gasteiger partial charge in [0.2, 0.25) is 0 Å². The number of benzene rings is 2. The molecule has 1 aromatic heterocycles. The minimum absolute atomic E-state index is 0.789. The van der Waals surface area contributed by atoms with Crippen LogP contribution in [0.15, 0.2) is 54.6 Å². The maximum absolute atomic E-state index is 6.31. The van der Waals surface area contributed by atoms with Gasteiger partial charge in [-0.1, -0.05) is 59.6 Å². The van der Waals surface area contributed by atoms with Crippen molar-refractivity contribution in [3.05, 3.63) is 70.9 Å². The van der Waals surface area contributed by atoms with Gasteiger partial charge in [0.1, 0.15) is 5.15 Å². The molecule has 0 unspecified atom stereocenters. The molecule has 0 aliphatic carbocycles. The summed E-state index contributed by atoms with van der Waals surface area (Å²) in [6, 6.07) is 18.9. The van der Waals surface area contributed by atoms with Gasteiger partial charge in [-0.3, -0.25) is 0 Å². The third kappa shape index (κ3) is 2.02. The number of para-hydroxylation sites is 1. The van der Waals surface area contributed by atoms with Crippen LogP contribution in [0.1, 0.15) is 11.1 Å². The first-order valence-corrected chi connectivity index (χ1v) is 6.41. The summed E-state index contributed by atoms with van der Waals surface area (Å²) in [7, 11) is 0. The molecule has 1 nitrogen and oxygen atoms in total. The molecular weight excluding hydrogens is 242 g/mol. The standard InChI is InChI=1S/C16H14ClN/c1-12-6-8-13(9-7-12)11-18-15-5-3-2-4-14(15)10-16(18)17/h2-10H,11H2,1H3. The maximum Gasteiger partial charge on any atom is 0.110 e.